The largest absolute Gasteiger partial charge is 0.355 e. The van der Waals surface area contributed by atoms with Gasteiger partial charge in [0, 0.05) is 44.5 Å². The van der Waals surface area contributed by atoms with E-state index in [2.05, 4.69) is 71.1 Å². The van der Waals surface area contributed by atoms with Gasteiger partial charge in [-0.1, -0.05) is 43.6 Å². The number of para-hydroxylation sites is 1. The minimum Gasteiger partial charge on any atom is -0.355 e. The fourth-order valence-electron chi connectivity index (χ4n) is 5.27. The van der Waals surface area contributed by atoms with Crippen LogP contribution >= 0.6 is 11.6 Å². The van der Waals surface area contributed by atoms with E-state index in [0.717, 1.165) is 60.8 Å². The predicted octanol–water partition coefficient (Wildman–Crippen LogP) is 5.00. The molecule has 7 heteroatoms. The maximum Gasteiger partial charge on any atom is 0.149 e. The van der Waals surface area contributed by atoms with Gasteiger partial charge in [0.25, 0.3) is 0 Å². The number of aliphatic imine (C=N–C) groups is 1. The van der Waals surface area contributed by atoms with Crippen LogP contribution in [0, 0.1) is 0 Å². The Morgan fingerprint density at radius 3 is 2.61 bits per heavy atom. The zero-order valence-corrected chi connectivity index (χ0v) is 20.8. The van der Waals surface area contributed by atoms with Crippen molar-refractivity contribution in [2.75, 3.05) is 49.2 Å². The lowest BCUT2D eigenvalue weighted by molar-refractivity contribution is 0.273. The molecule has 5 rings (SSSR count). The molecule has 1 aromatic heterocycles. The van der Waals surface area contributed by atoms with Gasteiger partial charge in [-0.3, -0.25) is 0 Å². The maximum absolute atomic E-state index is 6.90. The number of halogens is 1. The summed E-state index contributed by atoms with van der Waals surface area (Å²) in [6, 6.07) is 11.1. The molecule has 1 N–H and O–H groups in total. The second kappa shape index (κ2) is 9.51. The molecule has 1 atom stereocenters. The molecule has 2 aromatic rings. The van der Waals surface area contributed by atoms with E-state index in [-0.39, 0.29) is 0 Å². The van der Waals surface area contributed by atoms with Crippen molar-refractivity contribution >= 4 is 34.8 Å². The average Bonchev–Trinajstić information content (AvgIpc) is 2.84. The van der Waals surface area contributed by atoms with Gasteiger partial charge in [-0.15, -0.1) is 0 Å². The number of nitrogens with one attached hydrogen (secondary N) is 1. The van der Waals surface area contributed by atoms with Crippen molar-refractivity contribution in [3.8, 4) is 0 Å². The highest BCUT2D eigenvalue weighted by Gasteiger charge is 2.32. The van der Waals surface area contributed by atoms with E-state index in [1.165, 1.54) is 30.5 Å². The van der Waals surface area contributed by atoms with Crippen LogP contribution in [0.3, 0.4) is 0 Å². The summed E-state index contributed by atoms with van der Waals surface area (Å²) in [6.45, 7) is 12.2. The first-order valence-electron chi connectivity index (χ1n) is 12.4. The standard InChI is InChI=1S/C26H35ClN6/c1-18(2)20-9-5-6-10-23(20)33-17-29-24(32-14-11-28-16-19(32)3)21-15-22(27)26(30-25(21)33)31-12-7-4-8-13-31/h5-6,9-10,15,18-19,28H,4,7-8,11-14,16-17H2,1-3H3/t19-/m0/s1. The third-order valence-electron chi connectivity index (χ3n) is 7.07. The summed E-state index contributed by atoms with van der Waals surface area (Å²) >= 11 is 6.90. The number of aromatic nitrogens is 1. The van der Waals surface area contributed by atoms with Crippen molar-refractivity contribution in [2.24, 2.45) is 4.99 Å². The highest BCUT2D eigenvalue weighted by molar-refractivity contribution is 6.33. The van der Waals surface area contributed by atoms with Crippen LogP contribution in [-0.4, -0.2) is 61.2 Å². The Bertz CT molecular complexity index is 1030. The van der Waals surface area contributed by atoms with Crippen LogP contribution in [0.5, 0.6) is 0 Å². The van der Waals surface area contributed by atoms with Crippen LogP contribution in [-0.2, 0) is 0 Å². The number of hydrogen-bond acceptors (Lipinski definition) is 6. The van der Waals surface area contributed by atoms with Gasteiger partial charge < -0.3 is 20.0 Å². The fourth-order valence-corrected chi connectivity index (χ4v) is 5.54. The lowest BCUT2D eigenvalue weighted by Gasteiger charge is -2.40. The fraction of sp³-hybridized carbons (Fsp3) is 0.538. The highest BCUT2D eigenvalue weighted by atomic mass is 35.5. The molecule has 0 radical (unpaired) electrons. The van der Waals surface area contributed by atoms with E-state index in [1.54, 1.807) is 0 Å². The first-order chi connectivity index (χ1) is 16.0. The van der Waals surface area contributed by atoms with Crippen molar-refractivity contribution in [1.29, 1.82) is 0 Å². The zero-order chi connectivity index (χ0) is 22.9. The van der Waals surface area contributed by atoms with Crippen molar-refractivity contribution < 1.29 is 0 Å². The molecule has 6 nitrogen and oxygen atoms in total. The summed E-state index contributed by atoms with van der Waals surface area (Å²) in [5.41, 5.74) is 3.54. The number of benzene rings is 1. The van der Waals surface area contributed by atoms with Crippen molar-refractivity contribution in [1.82, 2.24) is 15.2 Å². The minimum atomic E-state index is 0.375. The molecule has 0 saturated carbocycles. The predicted molar refractivity (Wildman–Crippen MR) is 138 cm³/mol. The van der Waals surface area contributed by atoms with Crippen LogP contribution in [0.1, 0.15) is 57.1 Å². The van der Waals surface area contributed by atoms with Crippen molar-refractivity contribution in [3.63, 3.8) is 0 Å². The molecule has 0 bridgehead atoms. The second-order valence-electron chi connectivity index (χ2n) is 9.72. The first-order valence-corrected chi connectivity index (χ1v) is 12.8. The van der Waals surface area contributed by atoms with Gasteiger partial charge in [0.1, 0.15) is 24.1 Å². The number of hydrogen-bond donors (Lipinski definition) is 1. The lowest BCUT2D eigenvalue weighted by Crippen LogP contribution is -2.53. The molecular weight excluding hydrogens is 432 g/mol. The molecule has 33 heavy (non-hydrogen) atoms. The normalized spacial score (nSPS) is 21.3. The molecular formula is C26H35ClN6. The molecule has 0 amide bonds. The van der Waals surface area contributed by atoms with Crippen LogP contribution < -0.4 is 15.1 Å². The number of nitrogens with zero attached hydrogens (tertiary/aromatic N) is 5. The summed E-state index contributed by atoms with van der Waals surface area (Å²) in [6.07, 6.45) is 3.67. The van der Waals surface area contributed by atoms with Crippen LogP contribution in [0.4, 0.5) is 17.3 Å². The number of rotatable bonds is 3. The second-order valence-corrected chi connectivity index (χ2v) is 10.1. The smallest absolute Gasteiger partial charge is 0.149 e. The number of piperazine rings is 1. The molecule has 0 spiro atoms. The van der Waals surface area contributed by atoms with E-state index in [0.29, 0.717) is 18.6 Å². The topological polar surface area (TPSA) is 47.0 Å². The van der Waals surface area contributed by atoms with Crippen molar-refractivity contribution in [3.05, 3.63) is 46.5 Å². The van der Waals surface area contributed by atoms with Crippen LogP contribution in [0.2, 0.25) is 5.02 Å². The van der Waals surface area contributed by atoms with E-state index in [9.17, 15) is 0 Å². The Kier molecular flexibility index (Phi) is 6.48. The molecule has 4 heterocycles. The monoisotopic (exact) mass is 466 g/mol. The van der Waals surface area contributed by atoms with Crippen molar-refractivity contribution in [2.45, 2.75) is 52.0 Å². The SMILES string of the molecule is CC(C)c1ccccc1N1CN=C(N2CCNC[C@@H]2C)c2cc(Cl)c(N3CCCCC3)nc21. The third-order valence-corrected chi connectivity index (χ3v) is 7.35. The van der Waals surface area contributed by atoms with Gasteiger partial charge in [-0.05, 0) is 49.8 Å². The number of piperidine rings is 1. The quantitative estimate of drug-likeness (QED) is 0.689. The summed E-state index contributed by atoms with van der Waals surface area (Å²) in [5.74, 6) is 3.33. The van der Waals surface area contributed by atoms with E-state index in [4.69, 9.17) is 21.6 Å². The van der Waals surface area contributed by atoms with Crippen LogP contribution in [0.25, 0.3) is 0 Å². The minimum absolute atomic E-state index is 0.375. The maximum atomic E-state index is 6.90. The highest BCUT2D eigenvalue weighted by Crippen LogP contribution is 2.40. The Morgan fingerprint density at radius 2 is 1.85 bits per heavy atom. The summed E-state index contributed by atoms with van der Waals surface area (Å²) < 4.78 is 0. The Labute approximate surface area is 202 Å². The molecule has 2 saturated heterocycles. The molecule has 2 fully saturated rings. The van der Waals surface area contributed by atoms with Crippen LogP contribution in [0.15, 0.2) is 35.3 Å². The molecule has 3 aliphatic heterocycles. The molecule has 1 aromatic carbocycles. The summed E-state index contributed by atoms with van der Waals surface area (Å²) in [7, 11) is 0. The lowest BCUT2D eigenvalue weighted by atomic mass is 9.99. The third kappa shape index (κ3) is 4.31. The van der Waals surface area contributed by atoms with Gasteiger partial charge in [0.05, 0.1) is 10.6 Å². The van der Waals surface area contributed by atoms with E-state index in [1.807, 2.05) is 0 Å². The van der Waals surface area contributed by atoms with Gasteiger partial charge in [0.15, 0.2) is 0 Å². The first kappa shape index (κ1) is 22.5. The summed E-state index contributed by atoms with van der Waals surface area (Å²) in [5, 5.41) is 4.22. The van der Waals surface area contributed by atoms with Gasteiger partial charge in [0.2, 0.25) is 0 Å². The Hall–Kier alpha value is -2.31. The van der Waals surface area contributed by atoms with Gasteiger partial charge >= 0.3 is 0 Å². The summed E-state index contributed by atoms with van der Waals surface area (Å²) in [4.78, 5) is 17.4. The molecule has 0 unspecified atom stereocenters. The van der Waals surface area contributed by atoms with E-state index >= 15 is 0 Å². The number of amidine groups is 1. The Balaban J connectivity index is 1.63. The number of pyridine rings is 1. The molecule has 3 aliphatic rings. The average molecular weight is 467 g/mol. The number of fused-ring (bicyclic) bond motifs is 1. The van der Waals surface area contributed by atoms with Gasteiger partial charge in [-0.25, -0.2) is 9.98 Å². The van der Waals surface area contributed by atoms with Gasteiger partial charge in [-0.2, -0.15) is 0 Å². The van der Waals surface area contributed by atoms with E-state index < -0.39 is 0 Å². The Morgan fingerprint density at radius 1 is 1.06 bits per heavy atom. The molecule has 176 valence electrons. The zero-order valence-electron chi connectivity index (χ0n) is 20.0. The number of anilines is 3. The molecule has 0 aliphatic carbocycles.